The van der Waals surface area contributed by atoms with Gasteiger partial charge >= 0.3 is 0 Å². The largest absolute Gasteiger partial charge is 0.328 e. The van der Waals surface area contributed by atoms with Crippen LogP contribution < -0.4 is 0 Å². The Morgan fingerprint density at radius 3 is 2.23 bits per heavy atom. The highest BCUT2D eigenvalue weighted by Gasteiger charge is 1.79. The molecule has 6 nitrogen and oxygen atoms in total. The van der Waals surface area contributed by atoms with E-state index in [0.29, 0.717) is 5.69 Å². The predicted molar refractivity (Wildman–Crippen MR) is 43.0 cm³/mol. The Morgan fingerprint density at radius 1 is 1.38 bits per heavy atom. The highest BCUT2D eigenvalue weighted by Crippen LogP contribution is 2.06. The van der Waals surface area contributed by atoms with Gasteiger partial charge in [-0.15, -0.1) is 10.1 Å². The minimum absolute atomic E-state index is 0.646. The van der Waals surface area contributed by atoms with Gasteiger partial charge in [0.1, 0.15) is 0 Å². The summed E-state index contributed by atoms with van der Waals surface area (Å²) in [5.41, 5.74) is 0.646. The van der Waals surface area contributed by atoms with Gasteiger partial charge in [0, 0.05) is 0 Å². The second-order valence-corrected chi connectivity index (χ2v) is 1.78. The van der Waals surface area contributed by atoms with Crippen molar-refractivity contribution in [3.8, 4) is 0 Å². The van der Waals surface area contributed by atoms with E-state index in [2.05, 4.69) is 4.99 Å². The van der Waals surface area contributed by atoms with Crippen molar-refractivity contribution in [1.82, 2.24) is 0 Å². The number of para-hydroxylation sites is 1. The molecule has 0 radical (unpaired) electrons. The van der Waals surface area contributed by atoms with Gasteiger partial charge in [0.25, 0.3) is 5.09 Å². The molecule has 0 heterocycles. The first-order valence-corrected chi connectivity index (χ1v) is 3.13. The van der Waals surface area contributed by atoms with Gasteiger partial charge in [0.2, 0.25) is 6.08 Å². The molecule has 0 aliphatic rings. The maximum atomic E-state index is 9.68. The molecule has 6 heteroatoms. The lowest BCUT2D eigenvalue weighted by atomic mass is 10.3. The molecule has 0 unspecified atom stereocenters. The third kappa shape index (κ3) is 7.70. The fourth-order valence-corrected chi connectivity index (χ4v) is 0.555. The summed E-state index contributed by atoms with van der Waals surface area (Å²) in [6, 6.07) is 8.98. The van der Waals surface area contributed by atoms with Gasteiger partial charge in [-0.1, -0.05) is 18.2 Å². The van der Waals surface area contributed by atoms with Crippen LogP contribution in [0.2, 0.25) is 0 Å². The Labute approximate surface area is 73.3 Å². The number of hydrogen-bond acceptors (Lipinski definition) is 4. The Morgan fingerprint density at radius 2 is 1.85 bits per heavy atom. The van der Waals surface area contributed by atoms with E-state index in [1.807, 2.05) is 18.2 Å². The second-order valence-electron chi connectivity index (χ2n) is 1.78. The van der Waals surface area contributed by atoms with Crippen LogP contribution in [0.5, 0.6) is 0 Å². The molecular formula is C7H6N2O4. The van der Waals surface area contributed by atoms with E-state index in [0.717, 1.165) is 0 Å². The maximum absolute atomic E-state index is 9.68. The molecule has 0 saturated carbocycles. The zero-order chi connectivity index (χ0) is 10.1. The van der Waals surface area contributed by atoms with Gasteiger partial charge in [0.15, 0.2) is 0 Å². The normalized spacial score (nSPS) is 7.38. The molecule has 0 saturated heterocycles. The van der Waals surface area contributed by atoms with Crippen LogP contribution in [-0.4, -0.2) is 16.4 Å². The van der Waals surface area contributed by atoms with E-state index in [1.165, 1.54) is 6.08 Å². The van der Waals surface area contributed by atoms with Gasteiger partial charge in [-0.05, 0) is 12.1 Å². The monoisotopic (exact) mass is 182 g/mol. The SMILES string of the molecule is O=C=Nc1ccccc1.O=[N+]([O-])O. The molecule has 0 atom stereocenters. The molecule has 0 amide bonds. The smallest absolute Gasteiger partial charge is 0.291 e. The fourth-order valence-electron chi connectivity index (χ4n) is 0.555. The van der Waals surface area contributed by atoms with Crippen LogP contribution in [0.4, 0.5) is 5.69 Å². The number of nitrogens with zero attached hydrogens (tertiary/aromatic N) is 2. The molecule has 68 valence electrons. The van der Waals surface area contributed by atoms with Gasteiger partial charge < -0.3 is 5.21 Å². The molecule has 0 aliphatic heterocycles. The number of carbonyl (C=O) groups excluding carboxylic acids is 1. The molecule has 0 bridgehead atoms. The van der Waals surface area contributed by atoms with Gasteiger partial charge in [-0.2, -0.15) is 4.99 Å². The van der Waals surface area contributed by atoms with Crippen LogP contribution in [0.1, 0.15) is 0 Å². The van der Waals surface area contributed by atoms with Crippen LogP contribution in [-0.2, 0) is 4.79 Å². The number of isocyanates is 1. The van der Waals surface area contributed by atoms with Crippen LogP contribution in [0.15, 0.2) is 35.3 Å². The Hall–Kier alpha value is -2.20. The Bertz CT molecular complexity index is 302. The van der Waals surface area contributed by atoms with Crippen LogP contribution in [0.25, 0.3) is 0 Å². The van der Waals surface area contributed by atoms with E-state index < -0.39 is 5.09 Å². The third-order valence-electron chi connectivity index (χ3n) is 0.931. The maximum Gasteiger partial charge on any atom is 0.291 e. The van der Waals surface area contributed by atoms with Crippen molar-refractivity contribution in [1.29, 1.82) is 0 Å². The van der Waals surface area contributed by atoms with Crippen molar-refractivity contribution in [2.24, 2.45) is 4.99 Å². The first kappa shape index (κ1) is 10.8. The summed E-state index contributed by atoms with van der Waals surface area (Å²) in [6.45, 7) is 0. The fraction of sp³-hybridized carbons (Fsp3) is 0. The summed E-state index contributed by atoms with van der Waals surface area (Å²) in [5.74, 6) is 0. The number of hydrogen-bond donors (Lipinski definition) is 1. The van der Waals surface area contributed by atoms with Crippen LogP contribution in [0.3, 0.4) is 0 Å². The van der Waals surface area contributed by atoms with E-state index in [9.17, 15) is 4.79 Å². The molecule has 0 aromatic heterocycles. The Balaban J connectivity index is 0.000000310. The molecule has 1 rings (SSSR count). The Kier molecular flexibility index (Phi) is 5.41. The average molecular weight is 182 g/mol. The van der Waals surface area contributed by atoms with Gasteiger partial charge in [0.05, 0.1) is 5.69 Å². The van der Waals surface area contributed by atoms with Crippen molar-refractivity contribution >= 4 is 11.8 Å². The lowest BCUT2D eigenvalue weighted by Gasteiger charge is -1.83. The third-order valence-corrected chi connectivity index (χ3v) is 0.931. The molecule has 1 aromatic rings. The van der Waals surface area contributed by atoms with Crippen molar-refractivity contribution in [3.63, 3.8) is 0 Å². The highest BCUT2D eigenvalue weighted by atomic mass is 16.9. The van der Waals surface area contributed by atoms with E-state index >= 15 is 0 Å². The molecular weight excluding hydrogens is 176 g/mol. The van der Waals surface area contributed by atoms with Crippen LogP contribution >= 0.6 is 0 Å². The lowest BCUT2D eigenvalue weighted by molar-refractivity contribution is -0.742. The van der Waals surface area contributed by atoms with E-state index in [-0.39, 0.29) is 0 Å². The summed E-state index contributed by atoms with van der Waals surface area (Å²) < 4.78 is 0. The zero-order valence-electron chi connectivity index (χ0n) is 6.45. The van der Waals surface area contributed by atoms with Crippen LogP contribution in [0, 0.1) is 10.1 Å². The van der Waals surface area contributed by atoms with E-state index in [1.54, 1.807) is 12.1 Å². The zero-order valence-corrected chi connectivity index (χ0v) is 6.45. The topological polar surface area (TPSA) is 92.8 Å². The van der Waals surface area contributed by atoms with E-state index in [4.69, 9.17) is 15.3 Å². The highest BCUT2D eigenvalue weighted by molar-refractivity contribution is 5.47. The van der Waals surface area contributed by atoms with Gasteiger partial charge in [-0.3, -0.25) is 0 Å². The lowest BCUT2D eigenvalue weighted by Crippen LogP contribution is -1.81. The molecule has 1 N–H and O–H groups in total. The predicted octanol–water partition coefficient (Wildman–Crippen LogP) is 1.31. The van der Waals surface area contributed by atoms with Crippen molar-refractivity contribution in [2.45, 2.75) is 0 Å². The molecule has 13 heavy (non-hydrogen) atoms. The average Bonchev–Trinajstić information content (AvgIpc) is 2.06. The van der Waals surface area contributed by atoms with Gasteiger partial charge in [-0.25, -0.2) is 4.79 Å². The summed E-state index contributed by atoms with van der Waals surface area (Å²) in [6.07, 6.45) is 1.46. The second kappa shape index (κ2) is 6.51. The summed E-state index contributed by atoms with van der Waals surface area (Å²) in [7, 11) is 0. The minimum atomic E-state index is -1.50. The quantitative estimate of drug-likeness (QED) is 0.306. The molecule has 0 aliphatic carbocycles. The first-order valence-electron chi connectivity index (χ1n) is 3.13. The minimum Gasteiger partial charge on any atom is -0.328 e. The van der Waals surface area contributed by atoms with Crippen molar-refractivity contribution in [2.75, 3.05) is 0 Å². The molecule has 0 spiro atoms. The number of rotatable bonds is 1. The van der Waals surface area contributed by atoms with Crippen molar-refractivity contribution < 1.29 is 15.1 Å². The van der Waals surface area contributed by atoms with Crippen molar-refractivity contribution in [3.05, 3.63) is 40.4 Å². The first-order chi connectivity index (χ1) is 6.16. The summed E-state index contributed by atoms with van der Waals surface area (Å²) in [5, 5.41) is 13.6. The number of benzene rings is 1. The standard InChI is InChI=1S/C7H5NO.HNO3/c9-6-8-7-4-2-1-3-5-7;2-1(3)4/h1-5H;(H,2,3,4). The summed E-state index contributed by atoms with van der Waals surface area (Å²) in [4.78, 5) is 21.4. The number of aliphatic imine (C=N–C) groups is 1. The molecule has 1 aromatic carbocycles. The summed E-state index contributed by atoms with van der Waals surface area (Å²) >= 11 is 0. The molecule has 0 fully saturated rings.